The van der Waals surface area contributed by atoms with Crippen LogP contribution in [0.4, 0.5) is 4.79 Å². The number of benzene rings is 1. The molecular formula is C24H26N4O5S. The lowest BCUT2D eigenvalue weighted by atomic mass is 10.0. The number of furan rings is 1. The van der Waals surface area contributed by atoms with Crippen LogP contribution in [-0.2, 0) is 16.1 Å². The molecule has 0 bridgehead atoms. The van der Waals surface area contributed by atoms with Gasteiger partial charge >= 0.3 is 12.0 Å². The van der Waals surface area contributed by atoms with Gasteiger partial charge in [0, 0.05) is 18.0 Å². The summed E-state index contributed by atoms with van der Waals surface area (Å²) in [6.07, 6.45) is 3.23. The van der Waals surface area contributed by atoms with Gasteiger partial charge in [0.15, 0.2) is 5.16 Å². The number of amides is 2. The Morgan fingerprint density at radius 3 is 2.76 bits per heavy atom. The summed E-state index contributed by atoms with van der Waals surface area (Å²) >= 11 is 1.29. The maximum Gasteiger partial charge on any atom is 0.338 e. The Bertz CT molecular complexity index is 1280. The first-order valence-electron chi connectivity index (χ1n) is 11.2. The third-order valence-electron chi connectivity index (χ3n) is 5.38. The van der Waals surface area contributed by atoms with E-state index in [1.165, 1.54) is 18.0 Å². The van der Waals surface area contributed by atoms with Crippen molar-refractivity contribution in [3.63, 3.8) is 0 Å². The van der Waals surface area contributed by atoms with Crippen LogP contribution in [0.15, 0.2) is 68.3 Å². The second-order valence-corrected chi connectivity index (χ2v) is 8.61. The van der Waals surface area contributed by atoms with Gasteiger partial charge in [0.2, 0.25) is 0 Å². The van der Waals surface area contributed by atoms with Crippen LogP contribution in [0, 0.1) is 0 Å². The van der Waals surface area contributed by atoms with Crippen LogP contribution in [0.25, 0.3) is 10.9 Å². The number of thioether (sulfide) groups is 1. The number of fused-ring (bicyclic) bond motifs is 1. The molecule has 2 aromatic heterocycles. The van der Waals surface area contributed by atoms with Crippen molar-refractivity contribution in [3.05, 3.63) is 70.0 Å². The molecule has 2 N–H and O–H groups in total. The third kappa shape index (κ3) is 4.86. The fourth-order valence-corrected chi connectivity index (χ4v) is 4.75. The molecule has 1 aromatic carbocycles. The van der Waals surface area contributed by atoms with Gasteiger partial charge in [0.05, 0.1) is 29.3 Å². The van der Waals surface area contributed by atoms with E-state index in [2.05, 4.69) is 17.6 Å². The molecule has 1 aliphatic rings. The number of hydrogen-bond acceptors (Lipinski definition) is 7. The molecule has 0 spiro atoms. The highest BCUT2D eigenvalue weighted by Gasteiger charge is 2.35. The van der Waals surface area contributed by atoms with Gasteiger partial charge in [-0.15, -0.1) is 0 Å². The topological polar surface area (TPSA) is 115 Å². The van der Waals surface area contributed by atoms with E-state index in [1.807, 2.05) is 12.1 Å². The quantitative estimate of drug-likeness (QED) is 0.271. The van der Waals surface area contributed by atoms with E-state index < -0.39 is 18.0 Å². The van der Waals surface area contributed by atoms with Crippen molar-refractivity contribution in [2.75, 3.05) is 12.4 Å². The van der Waals surface area contributed by atoms with Gasteiger partial charge in [-0.05, 0) is 37.6 Å². The van der Waals surface area contributed by atoms with Crippen LogP contribution in [0.5, 0.6) is 0 Å². The zero-order valence-electron chi connectivity index (χ0n) is 19.0. The number of rotatable bonds is 9. The zero-order chi connectivity index (χ0) is 24.1. The van der Waals surface area contributed by atoms with Gasteiger partial charge in [-0.1, -0.05) is 37.2 Å². The van der Waals surface area contributed by atoms with Crippen molar-refractivity contribution in [1.82, 2.24) is 20.2 Å². The summed E-state index contributed by atoms with van der Waals surface area (Å²) in [5, 5.41) is 6.54. The summed E-state index contributed by atoms with van der Waals surface area (Å²) in [7, 11) is 0. The summed E-state index contributed by atoms with van der Waals surface area (Å²) < 4.78 is 12.4. The molecule has 3 aromatic rings. The Morgan fingerprint density at radius 1 is 1.21 bits per heavy atom. The first kappa shape index (κ1) is 23.6. The second-order valence-electron chi connectivity index (χ2n) is 7.67. The van der Waals surface area contributed by atoms with Crippen molar-refractivity contribution < 1.29 is 18.7 Å². The molecule has 1 unspecified atom stereocenters. The molecule has 10 heteroatoms. The average molecular weight is 483 g/mol. The molecule has 1 atom stereocenters. The second kappa shape index (κ2) is 10.6. The molecule has 0 fully saturated rings. The van der Waals surface area contributed by atoms with Crippen LogP contribution < -0.4 is 16.2 Å². The van der Waals surface area contributed by atoms with E-state index in [0.717, 1.165) is 12.8 Å². The van der Waals surface area contributed by atoms with Crippen molar-refractivity contribution in [2.45, 2.75) is 44.4 Å². The monoisotopic (exact) mass is 482 g/mol. The number of carbonyl (C=O) groups excluding carboxylic acids is 2. The average Bonchev–Trinajstić information content (AvgIpc) is 3.37. The normalized spacial score (nSPS) is 15.8. The summed E-state index contributed by atoms with van der Waals surface area (Å²) in [4.78, 5) is 43.2. The minimum absolute atomic E-state index is 0.107. The molecule has 3 heterocycles. The van der Waals surface area contributed by atoms with Crippen LogP contribution in [0.2, 0.25) is 0 Å². The molecular weight excluding hydrogens is 456 g/mol. The fraction of sp³-hybridized carbons (Fsp3) is 0.333. The van der Waals surface area contributed by atoms with Crippen molar-refractivity contribution in [2.24, 2.45) is 0 Å². The zero-order valence-corrected chi connectivity index (χ0v) is 19.8. The molecule has 178 valence electrons. The molecule has 0 aliphatic carbocycles. The fourth-order valence-electron chi connectivity index (χ4n) is 3.76. The lowest BCUT2D eigenvalue weighted by molar-refractivity contribution is -0.139. The van der Waals surface area contributed by atoms with Gasteiger partial charge in [-0.2, -0.15) is 0 Å². The minimum atomic E-state index is -0.787. The van der Waals surface area contributed by atoms with Crippen LogP contribution in [0.3, 0.4) is 0 Å². The third-order valence-corrected chi connectivity index (χ3v) is 6.39. The van der Waals surface area contributed by atoms with Crippen LogP contribution >= 0.6 is 11.8 Å². The Morgan fingerprint density at radius 2 is 2.03 bits per heavy atom. The predicted octanol–water partition coefficient (Wildman–Crippen LogP) is 3.75. The number of carbonyl (C=O) groups is 2. The molecule has 4 rings (SSSR count). The number of urea groups is 1. The van der Waals surface area contributed by atoms with Crippen molar-refractivity contribution >= 4 is 34.7 Å². The first-order chi connectivity index (χ1) is 16.5. The summed E-state index contributed by atoms with van der Waals surface area (Å²) in [5.74, 6) is 0.0707. The number of esters is 1. The summed E-state index contributed by atoms with van der Waals surface area (Å²) in [5.41, 5.74) is 1.14. The Labute approximate surface area is 200 Å². The van der Waals surface area contributed by atoms with E-state index in [-0.39, 0.29) is 23.5 Å². The molecule has 0 radical (unpaired) electrons. The van der Waals surface area contributed by atoms with Gasteiger partial charge in [-0.3, -0.25) is 9.36 Å². The Kier molecular flexibility index (Phi) is 7.36. The predicted molar refractivity (Wildman–Crippen MR) is 128 cm³/mol. The van der Waals surface area contributed by atoms with Gasteiger partial charge in [0.25, 0.3) is 5.56 Å². The maximum atomic E-state index is 13.2. The lowest BCUT2D eigenvalue weighted by Gasteiger charge is -2.27. The van der Waals surface area contributed by atoms with E-state index in [9.17, 15) is 14.4 Å². The van der Waals surface area contributed by atoms with Gasteiger partial charge < -0.3 is 19.8 Å². The van der Waals surface area contributed by atoms with Crippen LogP contribution in [-0.4, -0.2) is 33.9 Å². The van der Waals surface area contributed by atoms with E-state index in [4.69, 9.17) is 14.1 Å². The molecule has 1 aliphatic heterocycles. The van der Waals surface area contributed by atoms with E-state index >= 15 is 0 Å². The number of nitrogens with zero attached hydrogens (tertiary/aromatic N) is 2. The minimum Gasteiger partial charge on any atom is -0.467 e. The largest absolute Gasteiger partial charge is 0.467 e. The highest BCUT2D eigenvalue weighted by Crippen LogP contribution is 2.31. The molecule has 0 saturated carbocycles. The van der Waals surface area contributed by atoms with Gasteiger partial charge in [-0.25, -0.2) is 14.6 Å². The first-order valence-corrected chi connectivity index (χ1v) is 12.2. The molecule has 2 amide bonds. The van der Waals surface area contributed by atoms with Crippen molar-refractivity contribution in [3.8, 4) is 0 Å². The van der Waals surface area contributed by atoms with Crippen molar-refractivity contribution in [1.29, 1.82) is 0 Å². The number of unbranched alkanes of at least 4 members (excludes halogenated alkanes) is 1. The van der Waals surface area contributed by atoms with E-state index in [1.54, 1.807) is 35.8 Å². The van der Waals surface area contributed by atoms with Crippen LogP contribution in [0.1, 0.15) is 38.5 Å². The highest BCUT2D eigenvalue weighted by molar-refractivity contribution is 7.99. The highest BCUT2D eigenvalue weighted by atomic mass is 32.2. The van der Waals surface area contributed by atoms with Gasteiger partial charge in [0.1, 0.15) is 11.8 Å². The maximum absolute atomic E-state index is 13.2. The molecule has 9 nitrogen and oxygen atoms in total. The molecule has 34 heavy (non-hydrogen) atoms. The Hall–Kier alpha value is -3.53. The number of ether oxygens (including phenoxy) is 1. The smallest absolute Gasteiger partial charge is 0.338 e. The SMILES string of the molecule is CCCCn1c(SCC2=C(C(=O)OCC)C(c3ccco3)NC(=O)N2)nc2ccccc2c1=O. The Balaban J connectivity index is 1.74. The number of nitrogens with one attached hydrogen (secondary N) is 2. The molecule has 0 saturated heterocycles. The number of aromatic nitrogens is 2. The summed E-state index contributed by atoms with van der Waals surface area (Å²) in [6.45, 7) is 4.49. The standard InChI is InChI=1S/C24H26N4O5S/c1-3-5-12-28-21(29)15-9-6-7-10-16(15)26-24(28)34-14-17-19(22(30)32-4-2)20(27-23(31)25-17)18-11-8-13-33-18/h6-11,13,20H,3-5,12,14H2,1-2H3,(H2,25,27,31). The lowest BCUT2D eigenvalue weighted by Crippen LogP contribution is -2.46. The number of para-hydroxylation sites is 1. The summed E-state index contributed by atoms with van der Waals surface area (Å²) in [6, 6.07) is 9.35. The van der Waals surface area contributed by atoms with E-state index in [0.29, 0.717) is 34.1 Å². The number of hydrogen-bond donors (Lipinski definition) is 2.